The minimum absolute atomic E-state index is 0.0290. The highest BCUT2D eigenvalue weighted by Gasteiger charge is 2.42. The molecule has 0 spiro atoms. The summed E-state index contributed by atoms with van der Waals surface area (Å²) >= 11 is 0. The van der Waals surface area contributed by atoms with Crippen molar-refractivity contribution in [2.24, 2.45) is 11.8 Å². The van der Waals surface area contributed by atoms with Crippen LogP contribution in [0.25, 0.3) is 0 Å². The molecule has 21 heavy (non-hydrogen) atoms. The summed E-state index contributed by atoms with van der Waals surface area (Å²) in [5, 5.41) is 27.3. The zero-order valence-electron chi connectivity index (χ0n) is 12.8. The van der Waals surface area contributed by atoms with E-state index in [4.69, 9.17) is 14.9 Å². The summed E-state index contributed by atoms with van der Waals surface area (Å²) in [6, 6.07) is 0. The molecule has 3 unspecified atom stereocenters. The molecule has 7 heteroatoms. The van der Waals surface area contributed by atoms with Crippen LogP contribution in [0.3, 0.4) is 0 Å². The number of hydrogen-bond donors (Lipinski definition) is 3. The second-order valence-corrected chi connectivity index (χ2v) is 5.67. The maximum Gasteiger partial charge on any atom is 0.336 e. The van der Waals surface area contributed by atoms with Gasteiger partial charge in [0.15, 0.2) is 5.60 Å². The van der Waals surface area contributed by atoms with Crippen molar-refractivity contribution in [3.63, 3.8) is 0 Å². The van der Waals surface area contributed by atoms with Crippen molar-refractivity contribution in [3.8, 4) is 0 Å². The minimum atomic E-state index is -2.65. The van der Waals surface area contributed by atoms with Gasteiger partial charge in [-0.3, -0.25) is 9.59 Å². The first-order chi connectivity index (χ1) is 9.53. The van der Waals surface area contributed by atoms with Gasteiger partial charge in [-0.25, -0.2) is 4.79 Å². The van der Waals surface area contributed by atoms with Crippen LogP contribution in [0, 0.1) is 11.8 Å². The summed E-state index contributed by atoms with van der Waals surface area (Å²) in [6.45, 7) is 7.57. The van der Waals surface area contributed by atoms with Crippen LogP contribution in [0.5, 0.6) is 0 Å². The van der Waals surface area contributed by atoms with Crippen LogP contribution in [0.1, 0.15) is 47.0 Å². The maximum absolute atomic E-state index is 11.8. The van der Waals surface area contributed by atoms with Crippen LogP contribution in [0.15, 0.2) is 0 Å². The molecular formula is C14H24O7. The normalized spacial score (nSPS) is 16.9. The molecule has 0 radical (unpaired) electrons. The average molecular weight is 304 g/mol. The summed E-state index contributed by atoms with van der Waals surface area (Å²) in [4.78, 5) is 33.4. The molecule has 0 aromatic heterocycles. The number of hydrogen-bond acceptors (Lipinski definition) is 5. The molecule has 0 aliphatic carbocycles. The lowest BCUT2D eigenvalue weighted by molar-refractivity contribution is -0.175. The lowest BCUT2D eigenvalue weighted by atomic mass is 9.92. The quantitative estimate of drug-likeness (QED) is 0.548. The Morgan fingerprint density at radius 2 is 1.62 bits per heavy atom. The third-order valence-electron chi connectivity index (χ3n) is 3.41. The average Bonchev–Trinajstić information content (AvgIpc) is 2.33. The molecular weight excluding hydrogens is 280 g/mol. The highest BCUT2D eigenvalue weighted by molar-refractivity contribution is 5.88. The lowest BCUT2D eigenvalue weighted by Gasteiger charge is -2.28. The first kappa shape index (κ1) is 19.4. The van der Waals surface area contributed by atoms with E-state index in [1.807, 2.05) is 27.7 Å². The molecule has 0 fully saturated rings. The van der Waals surface area contributed by atoms with Gasteiger partial charge in [0.05, 0.1) is 12.8 Å². The molecule has 0 aromatic carbocycles. The standard InChI is InChI=1S/C14H24O7/c1-5-9(4)12(8(2)3)21-11(17)7-14(20,13(18)19)6-10(15)16/h8-9,12,20H,5-7H2,1-4H3,(H,15,16)(H,18,19). The smallest absolute Gasteiger partial charge is 0.336 e. The van der Waals surface area contributed by atoms with E-state index in [0.29, 0.717) is 0 Å². The molecule has 0 amide bonds. The van der Waals surface area contributed by atoms with E-state index in [0.717, 1.165) is 6.42 Å². The predicted octanol–water partition coefficient (Wildman–Crippen LogP) is 1.28. The van der Waals surface area contributed by atoms with Gasteiger partial charge in [0.2, 0.25) is 0 Å². The number of aliphatic hydroxyl groups is 1. The van der Waals surface area contributed by atoms with Crippen LogP contribution in [0.4, 0.5) is 0 Å². The summed E-state index contributed by atoms with van der Waals surface area (Å²) in [5.74, 6) is -4.07. The highest BCUT2D eigenvalue weighted by Crippen LogP contribution is 2.23. The van der Waals surface area contributed by atoms with E-state index >= 15 is 0 Å². The van der Waals surface area contributed by atoms with Crippen LogP contribution in [-0.2, 0) is 19.1 Å². The van der Waals surface area contributed by atoms with Crippen LogP contribution in [0.2, 0.25) is 0 Å². The molecule has 3 atom stereocenters. The van der Waals surface area contributed by atoms with Gasteiger partial charge in [0, 0.05) is 0 Å². The van der Waals surface area contributed by atoms with Gasteiger partial charge in [0.25, 0.3) is 0 Å². The molecule has 0 aliphatic heterocycles. The van der Waals surface area contributed by atoms with E-state index in [9.17, 15) is 19.5 Å². The highest BCUT2D eigenvalue weighted by atomic mass is 16.5. The Morgan fingerprint density at radius 1 is 1.10 bits per heavy atom. The summed E-state index contributed by atoms with van der Waals surface area (Å²) < 4.78 is 5.24. The number of aliphatic carboxylic acids is 2. The Bertz CT molecular complexity index is 391. The minimum Gasteiger partial charge on any atom is -0.481 e. The van der Waals surface area contributed by atoms with E-state index in [2.05, 4.69) is 0 Å². The molecule has 122 valence electrons. The Kier molecular flexibility index (Phi) is 7.35. The largest absolute Gasteiger partial charge is 0.481 e. The van der Waals surface area contributed by atoms with Crippen LogP contribution < -0.4 is 0 Å². The summed E-state index contributed by atoms with van der Waals surface area (Å²) in [7, 11) is 0. The Morgan fingerprint density at radius 3 is 1.95 bits per heavy atom. The van der Waals surface area contributed by atoms with Crippen molar-refractivity contribution >= 4 is 17.9 Å². The van der Waals surface area contributed by atoms with Crippen LogP contribution in [-0.4, -0.2) is 44.9 Å². The van der Waals surface area contributed by atoms with Gasteiger partial charge >= 0.3 is 17.9 Å². The van der Waals surface area contributed by atoms with Gasteiger partial charge in [-0.1, -0.05) is 34.1 Å². The predicted molar refractivity (Wildman–Crippen MR) is 73.6 cm³/mol. The van der Waals surface area contributed by atoms with E-state index in [1.54, 1.807) is 0 Å². The third kappa shape index (κ3) is 6.12. The first-order valence-electron chi connectivity index (χ1n) is 6.90. The second kappa shape index (κ2) is 7.97. The SMILES string of the molecule is CCC(C)C(OC(=O)CC(O)(CC(=O)O)C(=O)O)C(C)C. The van der Waals surface area contributed by atoms with Gasteiger partial charge in [-0.15, -0.1) is 0 Å². The van der Waals surface area contributed by atoms with Crippen molar-refractivity contribution in [2.45, 2.75) is 58.7 Å². The number of carboxylic acid groups (broad SMARTS) is 2. The topological polar surface area (TPSA) is 121 Å². The number of ether oxygens (including phenoxy) is 1. The van der Waals surface area contributed by atoms with E-state index < -0.39 is 42.5 Å². The maximum atomic E-state index is 11.8. The fraction of sp³-hybridized carbons (Fsp3) is 0.786. The van der Waals surface area contributed by atoms with Gasteiger partial charge in [-0.2, -0.15) is 0 Å². The molecule has 0 aliphatic rings. The molecule has 0 bridgehead atoms. The second-order valence-electron chi connectivity index (χ2n) is 5.67. The Labute approximate surface area is 123 Å². The van der Waals surface area contributed by atoms with Crippen molar-refractivity contribution in [1.82, 2.24) is 0 Å². The van der Waals surface area contributed by atoms with Gasteiger partial charge in [-0.05, 0) is 11.8 Å². The number of esters is 1. The van der Waals surface area contributed by atoms with Crippen molar-refractivity contribution in [3.05, 3.63) is 0 Å². The Hall–Kier alpha value is -1.63. The van der Waals surface area contributed by atoms with Crippen molar-refractivity contribution < 1.29 is 34.4 Å². The molecule has 3 N–H and O–H groups in total. The van der Waals surface area contributed by atoms with Gasteiger partial charge < -0.3 is 20.1 Å². The fourth-order valence-corrected chi connectivity index (χ4v) is 2.04. The van der Waals surface area contributed by atoms with Gasteiger partial charge in [0.1, 0.15) is 6.10 Å². The van der Waals surface area contributed by atoms with E-state index in [1.165, 1.54) is 0 Å². The molecule has 0 saturated carbocycles. The number of carbonyl (C=O) groups is 3. The number of rotatable bonds is 9. The molecule has 0 rings (SSSR count). The summed E-state index contributed by atoms with van der Waals surface area (Å²) in [5.41, 5.74) is -2.65. The molecule has 0 heterocycles. The molecule has 7 nitrogen and oxygen atoms in total. The van der Waals surface area contributed by atoms with E-state index in [-0.39, 0.29) is 11.8 Å². The fourth-order valence-electron chi connectivity index (χ4n) is 2.04. The number of carboxylic acids is 2. The third-order valence-corrected chi connectivity index (χ3v) is 3.41. The molecule has 0 aromatic rings. The summed E-state index contributed by atoms with van der Waals surface area (Å²) in [6.07, 6.45) is -1.60. The number of carbonyl (C=O) groups excluding carboxylic acids is 1. The van der Waals surface area contributed by atoms with Crippen molar-refractivity contribution in [1.29, 1.82) is 0 Å². The molecule has 0 saturated heterocycles. The monoisotopic (exact) mass is 304 g/mol. The Balaban J connectivity index is 4.92. The lowest BCUT2D eigenvalue weighted by Crippen LogP contribution is -2.44. The zero-order valence-corrected chi connectivity index (χ0v) is 12.8. The zero-order chi connectivity index (χ0) is 16.8. The van der Waals surface area contributed by atoms with Crippen molar-refractivity contribution in [2.75, 3.05) is 0 Å². The first-order valence-corrected chi connectivity index (χ1v) is 6.90. The van der Waals surface area contributed by atoms with Crippen LogP contribution >= 0.6 is 0 Å².